The molecule has 0 radical (unpaired) electrons. The van der Waals surface area contributed by atoms with Gasteiger partial charge in [0.1, 0.15) is 11.6 Å². The van der Waals surface area contributed by atoms with E-state index in [0.717, 1.165) is 11.4 Å². The van der Waals surface area contributed by atoms with Crippen LogP contribution >= 0.6 is 11.3 Å². The molecule has 0 saturated heterocycles. The van der Waals surface area contributed by atoms with Crippen LogP contribution in [0.3, 0.4) is 0 Å². The summed E-state index contributed by atoms with van der Waals surface area (Å²) < 4.78 is 5.43. The Balaban J connectivity index is 2.44. The zero-order valence-electron chi connectivity index (χ0n) is 11.7. The molecule has 1 heterocycles. The minimum Gasteiger partial charge on any atom is -0.366 e. The van der Waals surface area contributed by atoms with Crippen molar-refractivity contribution in [3.05, 3.63) is 16.1 Å². The number of hydrogen-bond donors (Lipinski definition) is 1. The summed E-state index contributed by atoms with van der Waals surface area (Å²) in [5.41, 5.74) is -0.295. The molecule has 1 aromatic heterocycles. The lowest BCUT2D eigenvalue weighted by molar-refractivity contribution is -0.131. The lowest BCUT2D eigenvalue weighted by Gasteiger charge is -2.20. The predicted molar refractivity (Wildman–Crippen MR) is 73.8 cm³/mol. The minimum atomic E-state index is -0.295. The van der Waals surface area contributed by atoms with Crippen LogP contribution in [-0.2, 0) is 16.0 Å². The number of thiazole rings is 1. The highest BCUT2D eigenvalue weighted by Crippen LogP contribution is 2.20. The molecule has 0 fully saturated rings. The third-order valence-electron chi connectivity index (χ3n) is 2.30. The summed E-state index contributed by atoms with van der Waals surface area (Å²) in [6.07, 6.45) is 2.85. The predicted octanol–water partition coefficient (Wildman–Crippen LogP) is 2.70. The number of nitrogens with one attached hydrogen (secondary N) is 1. The Morgan fingerprint density at radius 3 is 2.72 bits per heavy atom. The zero-order chi connectivity index (χ0) is 13.8. The van der Waals surface area contributed by atoms with Crippen molar-refractivity contribution in [2.75, 3.05) is 6.61 Å². The molecule has 0 aliphatic carbocycles. The average molecular weight is 270 g/mol. The van der Waals surface area contributed by atoms with Crippen LogP contribution in [-0.4, -0.2) is 23.1 Å². The first-order valence-corrected chi connectivity index (χ1v) is 7.01. The van der Waals surface area contributed by atoms with E-state index < -0.39 is 0 Å². The van der Waals surface area contributed by atoms with E-state index in [9.17, 15) is 4.79 Å². The molecule has 1 N–H and O–H groups in total. The van der Waals surface area contributed by atoms with Gasteiger partial charge in [-0.25, -0.2) is 4.98 Å². The van der Waals surface area contributed by atoms with Gasteiger partial charge < -0.3 is 10.1 Å². The van der Waals surface area contributed by atoms with E-state index in [4.69, 9.17) is 4.74 Å². The molecule has 4 nitrogen and oxygen atoms in total. The van der Waals surface area contributed by atoms with Crippen molar-refractivity contribution in [2.45, 2.75) is 52.7 Å². The van der Waals surface area contributed by atoms with Crippen LogP contribution in [0.25, 0.3) is 0 Å². The van der Waals surface area contributed by atoms with Gasteiger partial charge in [0.2, 0.25) is 5.91 Å². The molecule has 0 aliphatic heterocycles. The number of ether oxygens (including phenoxy) is 1. The van der Waals surface area contributed by atoms with Crippen molar-refractivity contribution < 1.29 is 9.53 Å². The summed E-state index contributed by atoms with van der Waals surface area (Å²) in [4.78, 5) is 17.2. The molecule has 102 valence electrons. The Labute approximate surface area is 113 Å². The van der Waals surface area contributed by atoms with E-state index in [2.05, 4.69) is 17.2 Å². The fraction of sp³-hybridized carbons (Fsp3) is 0.692. The van der Waals surface area contributed by atoms with Crippen LogP contribution in [0.4, 0.5) is 0 Å². The maximum atomic E-state index is 11.7. The van der Waals surface area contributed by atoms with Gasteiger partial charge in [-0.3, -0.25) is 4.79 Å². The summed E-state index contributed by atoms with van der Waals surface area (Å²) >= 11 is 1.64. The number of rotatable bonds is 5. The number of carbonyl (C=O) groups excluding carboxylic acids is 1. The second-order valence-corrected chi connectivity index (χ2v) is 6.36. The van der Waals surface area contributed by atoms with Gasteiger partial charge in [-0.05, 0) is 34.1 Å². The Kier molecular flexibility index (Phi) is 5.28. The molecule has 1 aromatic rings. The van der Waals surface area contributed by atoms with Crippen molar-refractivity contribution in [2.24, 2.45) is 0 Å². The largest absolute Gasteiger partial charge is 0.366 e. The number of aromatic nitrogens is 1. The van der Waals surface area contributed by atoms with Gasteiger partial charge in [0.25, 0.3) is 0 Å². The van der Waals surface area contributed by atoms with Crippen LogP contribution < -0.4 is 5.32 Å². The van der Waals surface area contributed by atoms with Crippen LogP contribution in [0.15, 0.2) is 6.20 Å². The molecule has 0 aliphatic rings. The van der Waals surface area contributed by atoms with E-state index in [0.29, 0.717) is 0 Å². The Hall–Kier alpha value is -0.940. The van der Waals surface area contributed by atoms with Crippen LogP contribution in [0, 0.1) is 0 Å². The Bertz CT molecular complexity index is 396. The summed E-state index contributed by atoms with van der Waals surface area (Å²) in [5.74, 6) is -0.106. The molecule has 1 amide bonds. The monoisotopic (exact) mass is 270 g/mol. The smallest absolute Gasteiger partial charge is 0.246 e. The molecular formula is C13H22N2O2S. The first-order chi connectivity index (χ1) is 8.31. The van der Waals surface area contributed by atoms with Gasteiger partial charge in [-0.1, -0.05) is 6.92 Å². The summed E-state index contributed by atoms with van der Waals surface area (Å²) in [7, 11) is 0. The quantitative estimate of drug-likeness (QED) is 0.895. The fourth-order valence-corrected chi connectivity index (χ4v) is 2.17. The maximum absolute atomic E-state index is 11.7. The third kappa shape index (κ3) is 5.14. The highest BCUT2D eigenvalue weighted by Gasteiger charge is 2.16. The first kappa shape index (κ1) is 15.1. The SMILES string of the molecule is CCc1cnc(C(C)NC(=O)COC(C)(C)C)s1. The van der Waals surface area contributed by atoms with Gasteiger partial charge in [0.05, 0.1) is 11.6 Å². The van der Waals surface area contributed by atoms with Gasteiger partial charge in [0.15, 0.2) is 0 Å². The molecule has 0 aromatic carbocycles. The number of hydrogen-bond acceptors (Lipinski definition) is 4. The third-order valence-corrected chi connectivity index (χ3v) is 3.63. The van der Waals surface area contributed by atoms with E-state index in [1.165, 1.54) is 4.88 Å². The van der Waals surface area contributed by atoms with Gasteiger partial charge in [0, 0.05) is 11.1 Å². The summed E-state index contributed by atoms with van der Waals surface area (Å²) in [6, 6.07) is -0.0635. The summed E-state index contributed by atoms with van der Waals surface area (Å²) in [6.45, 7) is 9.90. The molecule has 0 saturated carbocycles. The highest BCUT2D eigenvalue weighted by molar-refractivity contribution is 7.11. The van der Waals surface area contributed by atoms with Crippen LogP contribution in [0.1, 0.15) is 50.5 Å². The minimum absolute atomic E-state index is 0.0635. The van der Waals surface area contributed by atoms with Crippen molar-refractivity contribution >= 4 is 17.2 Å². The number of aryl methyl sites for hydroxylation is 1. The van der Waals surface area contributed by atoms with E-state index in [1.807, 2.05) is 33.9 Å². The topological polar surface area (TPSA) is 51.2 Å². The second-order valence-electron chi connectivity index (χ2n) is 5.21. The van der Waals surface area contributed by atoms with Gasteiger partial charge >= 0.3 is 0 Å². The Morgan fingerprint density at radius 2 is 2.22 bits per heavy atom. The lowest BCUT2D eigenvalue weighted by atomic mass is 10.2. The highest BCUT2D eigenvalue weighted by atomic mass is 32.1. The normalized spacial score (nSPS) is 13.4. The number of carbonyl (C=O) groups is 1. The maximum Gasteiger partial charge on any atom is 0.246 e. The molecule has 1 unspecified atom stereocenters. The Morgan fingerprint density at radius 1 is 1.56 bits per heavy atom. The van der Waals surface area contributed by atoms with Crippen molar-refractivity contribution in [3.8, 4) is 0 Å². The molecule has 0 bridgehead atoms. The molecule has 1 rings (SSSR count). The van der Waals surface area contributed by atoms with Crippen molar-refractivity contribution in [1.82, 2.24) is 10.3 Å². The molecular weight excluding hydrogens is 248 g/mol. The van der Waals surface area contributed by atoms with Crippen LogP contribution in [0.2, 0.25) is 0 Å². The standard InChI is InChI=1S/C13H22N2O2S/c1-6-10-7-14-12(18-10)9(2)15-11(16)8-17-13(3,4)5/h7,9H,6,8H2,1-5H3,(H,15,16). The van der Waals surface area contributed by atoms with E-state index >= 15 is 0 Å². The van der Waals surface area contributed by atoms with Crippen molar-refractivity contribution in [3.63, 3.8) is 0 Å². The fourth-order valence-electron chi connectivity index (χ4n) is 1.31. The van der Waals surface area contributed by atoms with Gasteiger partial charge in [-0.2, -0.15) is 0 Å². The molecule has 0 spiro atoms. The second kappa shape index (κ2) is 6.29. The molecule has 5 heteroatoms. The summed E-state index contributed by atoms with van der Waals surface area (Å²) in [5, 5.41) is 3.83. The molecule has 1 atom stereocenters. The molecule has 18 heavy (non-hydrogen) atoms. The van der Waals surface area contributed by atoms with E-state index in [1.54, 1.807) is 11.3 Å². The lowest BCUT2D eigenvalue weighted by Crippen LogP contribution is -2.33. The average Bonchev–Trinajstić information content (AvgIpc) is 2.74. The zero-order valence-corrected chi connectivity index (χ0v) is 12.6. The van der Waals surface area contributed by atoms with Crippen LogP contribution in [0.5, 0.6) is 0 Å². The number of amides is 1. The number of nitrogens with zero attached hydrogens (tertiary/aromatic N) is 1. The van der Waals surface area contributed by atoms with Gasteiger partial charge in [-0.15, -0.1) is 11.3 Å². The van der Waals surface area contributed by atoms with E-state index in [-0.39, 0.29) is 24.2 Å². The first-order valence-electron chi connectivity index (χ1n) is 6.19. The van der Waals surface area contributed by atoms with Crippen molar-refractivity contribution in [1.29, 1.82) is 0 Å².